The van der Waals surface area contributed by atoms with Crippen molar-refractivity contribution in [2.75, 3.05) is 25.4 Å². The van der Waals surface area contributed by atoms with E-state index in [1.54, 1.807) is 0 Å². The van der Waals surface area contributed by atoms with E-state index in [1.165, 1.54) is 11.1 Å². The zero-order chi connectivity index (χ0) is 11.5. The smallest absolute Gasteiger partial charge is 0.0674 e. The molecular formula is C13H20N2O. The molecule has 1 aliphatic rings. The number of hydrogen-bond donors (Lipinski definition) is 1. The Bertz CT molecular complexity index is 365. The van der Waals surface area contributed by atoms with Crippen molar-refractivity contribution in [3.63, 3.8) is 0 Å². The third-order valence-electron chi connectivity index (χ3n) is 3.09. The minimum atomic E-state index is 0.343. The van der Waals surface area contributed by atoms with Gasteiger partial charge in [0, 0.05) is 25.3 Å². The van der Waals surface area contributed by atoms with Gasteiger partial charge in [0.05, 0.1) is 12.7 Å². The van der Waals surface area contributed by atoms with Crippen LogP contribution in [0.25, 0.3) is 0 Å². The van der Waals surface area contributed by atoms with E-state index in [2.05, 4.69) is 30.9 Å². The molecule has 0 bridgehead atoms. The average molecular weight is 220 g/mol. The van der Waals surface area contributed by atoms with Crippen LogP contribution in [-0.2, 0) is 11.3 Å². The van der Waals surface area contributed by atoms with E-state index in [1.807, 2.05) is 6.07 Å². The summed E-state index contributed by atoms with van der Waals surface area (Å²) in [7, 11) is 0. The molecular weight excluding hydrogens is 200 g/mol. The highest BCUT2D eigenvalue weighted by atomic mass is 16.5. The van der Waals surface area contributed by atoms with Gasteiger partial charge in [-0.3, -0.25) is 4.90 Å². The summed E-state index contributed by atoms with van der Waals surface area (Å²) in [4.78, 5) is 2.43. The lowest BCUT2D eigenvalue weighted by molar-refractivity contribution is -0.0212. The van der Waals surface area contributed by atoms with Gasteiger partial charge < -0.3 is 10.5 Å². The number of nitrogens with zero attached hydrogens (tertiary/aromatic N) is 1. The summed E-state index contributed by atoms with van der Waals surface area (Å²) in [6, 6.07) is 6.13. The molecule has 2 rings (SSSR count). The number of nitrogen functional groups attached to an aromatic ring is 1. The number of anilines is 1. The highest BCUT2D eigenvalue weighted by Crippen LogP contribution is 2.16. The van der Waals surface area contributed by atoms with Crippen LogP contribution in [0.3, 0.4) is 0 Å². The van der Waals surface area contributed by atoms with Crippen LogP contribution in [0.4, 0.5) is 5.69 Å². The fourth-order valence-electron chi connectivity index (χ4n) is 2.14. The van der Waals surface area contributed by atoms with Crippen LogP contribution >= 0.6 is 0 Å². The molecule has 1 aliphatic heterocycles. The molecule has 0 aromatic heterocycles. The average Bonchev–Trinajstić information content (AvgIpc) is 2.24. The maximum absolute atomic E-state index is 5.82. The fraction of sp³-hybridized carbons (Fsp3) is 0.538. The first-order chi connectivity index (χ1) is 7.65. The number of nitrogens with two attached hydrogens (primary N) is 1. The molecule has 1 fully saturated rings. The number of benzene rings is 1. The highest BCUT2D eigenvalue weighted by molar-refractivity contribution is 5.44. The monoisotopic (exact) mass is 220 g/mol. The first-order valence-electron chi connectivity index (χ1n) is 5.84. The van der Waals surface area contributed by atoms with Gasteiger partial charge in [0.15, 0.2) is 0 Å². The highest BCUT2D eigenvalue weighted by Gasteiger charge is 2.17. The molecule has 1 aromatic carbocycles. The second-order valence-corrected chi connectivity index (χ2v) is 4.60. The third kappa shape index (κ3) is 2.74. The van der Waals surface area contributed by atoms with Crippen LogP contribution in [-0.4, -0.2) is 30.7 Å². The number of ether oxygens (including phenoxy) is 1. The largest absolute Gasteiger partial charge is 0.399 e. The number of aryl methyl sites for hydroxylation is 1. The predicted molar refractivity (Wildman–Crippen MR) is 66.3 cm³/mol. The maximum atomic E-state index is 5.82. The Morgan fingerprint density at radius 2 is 2.31 bits per heavy atom. The van der Waals surface area contributed by atoms with Gasteiger partial charge in [0.25, 0.3) is 0 Å². The molecule has 0 aliphatic carbocycles. The zero-order valence-corrected chi connectivity index (χ0v) is 10.1. The van der Waals surface area contributed by atoms with Crippen molar-refractivity contribution in [2.45, 2.75) is 26.5 Å². The molecule has 1 aromatic rings. The summed E-state index contributed by atoms with van der Waals surface area (Å²) in [6.07, 6.45) is 0.343. The molecule has 3 heteroatoms. The van der Waals surface area contributed by atoms with Crippen molar-refractivity contribution in [1.29, 1.82) is 0 Å². The standard InChI is InChI=1S/C13H20N2O/c1-10-3-4-13(14)7-12(10)9-15-5-6-16-11(2)8-15/h3-4,7,11H,5-6,8-9,14H2,1-2H3. The van der Waals surface area contributed by atoms with Crippen molar-refractivity contribution in [2.24, 2.45) is 0 Å². The number of hydrogen-bond acceptors (Lipinski definition) is 3. The molecule has 1 heterocycles. The van der Waals surface area contributed by atoms with Crippen LogP contribution < -0.4 is 5.73 Å². The lowest BCUT2D eigenvalue weighted by Crippen LogP contribution is -2.40. The Morgan fingerprint density at radius 1 is 1.50 bits per heavy atom. The Kier molecular flexibility index (Phi) is 3.46. The molecule has 2 N–H and O–H groups in total. The third-order valence-corrected chi connectivity index (χ3v) is 3.09. The minimum absolute atomic E-state index is 0.343. The van der Waals surface area contributed by atoms with E-state index in [4.69, 9.17) is 10.5 Å². The van der Waals surface area contributed by atoms with Gasteiger partial charge in [-0.15, -0.1) is 0 Å². The fourth-order valence-corrected chi connectivity index (χ4v) is 2.14. The van der Waals surface area contributed by atoms with Gasteiger partial charge in [-0.25, -0.2) is 0 Å². The van der Waals surface area contributed by atoms with Gasteiger partial charge in [0.1, 0.15) is 0 Å². The summed E-state index contributed by atoms with van der Waals surface area (Å²) >= 11 is 0. The molecule has 1 atom stereocenters. The maximum Gasteiger partial charge on any atom is 0.0674 e. The first kappa shape index (κ1) is 11.4. The molecule has 88 valence electrons. The lowest BCUT2D eigenvalue weighted by Gasteiger charge is -2.31. The number of morpholine rings is 1. The number of rotatable bonds is 2. The Balaban J connectivity index is 2.05. The molecule has 16 heavy (non-hydrogen) atoms. The lowest BCUT2D eigenvalue weighted by atomic mass is 10.1. The molecule has 0 amide bonds. The summed E-state index contributed by atoms with van der Waals surface area (Å²) in [5.74, 6) is 0. The van der Waals surface area contributed by atoms with Crippen LogP contribution in [0.2, 0.25) is 0 Å². The van der Waals surface area contributed by atoms with Crippen molar-refractivity contribution in [1.82, 2.24) is 4.90 Å². The van der Waals surface area contributed by atoms with Gasteiger partial charge in [0.2, 0.25) is 0 Å². The van der Waals surface area contributed by atoms with Crippen molar-refractivity contribution >= 4 is 5.69 Å². The van der Waals surface area contributed by atoms with Gasteiger partial charge in [-0.05, 0) is 37.1 Å². The second kappa shape index (κ2) is 4.85. The van der Waals surface area contributed by atoms with Crippen LogP contribution in [0.5, 0.6) is 0 Å². The van der Waals surface area contributed by atoms with E-state index in [0.29, 0.717) is 6.10 Å². The van der Waals surface area contributed by atoms with Gasteiger partial charge in [-0.2, -0.15) is 0 Å². The second-order valence-electron chi connectivity index (χ2n) is 4.60. The normalized spacial score (nSPS) is 22.2. The Labute approximate surface area is 97.2 Å². The van der Waals surface area contributed by atoms with E-state index in [-0.39, 0.29) is 0 Å². The molecule has 0 saturated carbocycles. The molecule has 0 radical (unpaired) electrons. The van der Waals surface area contributed by atoms with Crippen LogP contribution in [0.1, 0.15) is 18.1 Å². The van der Waals surface area contributed by atoms with Crippen LogP contribution in [0.15, 0.2) is 18.2 Å². The van der Waals surface area contributed by atoms with Gasteiger partial charge >= 0.3 is 0 Å². The summed E-state index contributed by atoms with van der Waals surface area (Å²) in [5, 5.41) is 0. The van der Waals surface area contributed by atoms with E-state index in [0.717, 1.165) is 31.9 Å². The van der Waals surface area contributed by atoms with Crippen molar-refractivity contribution in [3.05, 3.63) is 29.3 Å². The van der Waals surface area contributed by atoms with E-state index >= 15 is 0 Å². The Morgan fingerprint density at radius 3 is 3.06 bits per heavy atom. The summed E-state index contributed by atoms with van der Waals surface area (Å²) in [5.41, 5.74) is 9.31. The SMILES string of the molecule is Cc1ccc(N)cc1CN1CCOC(C)C1. The molecule has 1 saturated heterocycles. The molecule has 0 spiro atoms. The predicted octanol–water partition coefficient (Wildman–Crippen LogP) is 1.80. The summed E-state index contributed by atoms with van der Waals surface area (Å²) < 4.78 is 5.53. The zero-order valence-electron chi connectivity index (χ0n) is 10.1. The topological polar surface area (TPSA) is 38.5 Å². The van der Waals surface area contributed by atoms with E-state index < -0.39 is 0 Å². The van der Waals surface area contributed by atoms with Gasteiger partial charge in [-0.1, -0.05) is 6.07 Å². The summed E-state index contributed by atoms with van der Waals surface area (Å²) in [6.45, 7) is 8.09. The van der Waals surface area contributed by atoms with Crippen molar-refractivity contribution < 1.29 is 4.74 Å². The minimum Gasteiger partial charge on any atom is -0.399 e. The van der Waals surface area contributed by atoms with E-state index in [9.17, 15) is 0 Å². The quantitative estimate of drug-likeness (QED) is 0.772. The first-order valence-corrected chi connectivity index (χ1v) is 5.84. The Hall–Kier alpha value is -1.06. The van der Waals surface area contributed by atoms with Crippen LogP contribution in [0, 0.1) is 6.92 Å². The molecule has 3 nitrogen and oxygen atoms in total. The molecule has 1 unspecified atom stereocenters. The van der Waals surface area contributed by atoms with Crippen molar-refractivity contribution in [3.8, 4) is 0 Å².